The third-order valence-electron chi connectivity index (χ3n) is 7.92. The molecular formula is C25H49N. The maximum Gasteiger partial charge on any atom is 0.0161 e. The Balaban J connectivity index is 1.93. The van der Waals surface area contributed by atoms with Crippen LogP contribution in [0.5, 0.6) is 0 Å². The van der Waals surface area contributed by atoms with Crippen molar-refractivity contribution in [2.75, 3.05) is 6.54 Å². The van der Waals surface area contributed by atoms with Gasteiger partial charge in [-0.05, 0) is 101 Å². The molecule has 1 saturated heterocycles. The highest BCUT2D eigenvalue weighted by molar-refractivity contribution is 4.99. The standard InChI is InChI=1S/C25H49N/c1-19-15-22(3,4)21(23(5,6)16-19)13-11-12-14-26-24(7,8)17-20(2)18-25(26,9)10/h19-21H,11-18H2,1-10H3. The summed E-state index contributed by atoms with van der Waals surface area (Å²) in [6.45, 7) is 26.2. The fraction of sp³-hybridized carbons (Fsp3) is 1.00. The molecule has 0 bridgehead atoms. The molecule has 1 aliphatic heterocycles. The van der Waals surface area contributed by atoms with Crippen molar-refractivity contribution >= 4 is 0 Å². The van der Waals surface area contributed by atoms with E-state index in [0.29, 0.717) is 21.9 Å². The Bertz CT molecular complexity index is 391. The van der Waals surface area contributed by atoms with Crippen molar-refractivity contribution in [1.82, 2.24) is 4.90 Å². The predicted molar refractivity (Wildman–Crippen MR) is 117 cm³/mol. The molecule has 1 saturated carbocycles. The lowest BCUT2D eigenvalue weighted by Crippen LogP contribution is -2.60. The largest absolute Gasteiger partial charge is 0.293 e. The summed E-state index contributed by atoms with van der Waals surface area (Å²) in [7, 11) is 0. The van der Waals surface area contributed by atoms with Crippen LogP contribution in [-0.4, -0.2) is 22.5 Å². The Morgan fingerprint density at radius 1 is 0.654 bits per heavy atom. The van der Waals surface area contributed by atoms with Crippen molar-refractivity contribution in [3.8, 4) is 0 Å². The van der Waals surface area contributed by atoms with Crippen LogP contribution in [-0.2, 0) is 0 Å². The van der Waals surface area contributed by atoms with Gasteiger partial charge in [-0.1, -0.05) is 48.0 Å². The van der Waals surface area contributed by atoms with E-state index in [1.54, 1.807) is 0 Å². The first-order valence-corrected chi connectivity index (χ1v) is 11.5. The molecule has 1 heteroatoms. The maximum absolute atomic E-state index is 2.83. The molecule has 0 radical (unpaired) electrons. The first-order chi connectivity index (χ1) is 11.7. The summed E-state index contributed by atoms with van der Waals surface area (Å²) in [5, 5.41) is 0. The van der Waals surface area contributed by atoms with Crippen LogP contribution in [0.2, 0.25) is 0 Å². The molecule has 154 valence electrons. The zero-order chi connectivity index (χ0) is 20.0. The molecule has 0 unspecified atom stereocenters. The van der Waals surface area contributed by atoms with E-state index in [4.69, 9.17) is 0 Å². The van der Waals surface area contributed by atoms with Crippen LogP contribution >= 0.6 is 0 Å². The second-order valence-electron chi connectivity index (χ2n) is 12.8. The number of unbranched alkanes of at least 4 members (excludes halogenated alkanes) is 1. The summed E-state index contributed by atoms with van der Waals surface area (Å²) in [6.07, 6.45) is 9.67. The first kappa shape index (κ1) is 22.3. The van der Waals surface area contributed by atoms with E-state index in [1.807, 2.05) is 0 Å². The zero-order valence-electron chi connectivity index (χ0n) is 19.8. The van der Waals surface area contributed by atoms with Crippen molar-refractivity contribution in [3.63, 3.8) is 0 Å². The third-order valence-corrected chi connectivity index (χ3v) is 7.92. The van der Waals surface area contributed by atoms with E-state index in [0.717, 1.165) is 17.8 Å². The second kappa shape index (κ2) is 7.41. The summed E-state index contributed by atoms with van der Waals surface area (Å²) in [4.78, 5) is 2.83. The minimum atomic E-state index is 0.347. The van der Waals surface area contributed by atoms with Crippen molar-refractivity contribution < 1.29 is 0 Å². The van der Waals surface area contributed by atoms with Crippen LogP contribution in [0.3, 0.4) is 0 Å². The topological polar surface area (TPSA) is 3.24 Å². The van der Waals surface area contributed by atoms with Gasteiger partial charge in [0.25, 0.3) is 0 Å². The number of nitrogens with zero attached hydrogens (tertiary/aromatic N) is 1. The highest BCUT2D eigenvalue weighted by Gasteiger charge is 2.46. The molecule has 1 aliphatic carbocycles. The van der Waals surface area contributed by atoms with Crippen molar-refractivity contribution in [3.05, 3.63) is 0 Å². The van der Waals surface area contributed by atoms with Gasteiger partial charge in [0.05, 0.1) is 0 Å². The smallest absolute Gasteiger partial charge is 0.0161 e. The van der Waals surface area contributed by atoms with Crippen molar-refractivity contribution in [2.45, 2.75) is 125 Å². The summed E-state index contributed by atoms with van der Waals surface area (Å²) < 4.78 is 0. The molecular weight excluding hydrogens is 314 g/mol. The lowest BCUT2D eigenvalue weighted by atomic mass is 9.53. The summed E-state index contributed by atoms with van der Waals surface area (Å²) in [5.41, 5.74) is 1.69. The van der Waals surface area contributed by atoms with Gasteiger partial charge in [0, 0.05) is 11.1 Å². The Morgan fingerprint density at radius 3 is 1.54 bits per heavy atom. The summed E-state index contributed by atoms with van der Waals surface area (Å²) in [6, 6.07) is 0. The quantitative estimate of drug-likeness (QED) is 0.456. The van der Waals surface area contributed by atoms with Crippen LogP contribution in [0.25, 0.3) is 0 Å². The van der Waals surface area contributed by atoms with Crippen LogP contribution in [0, 0.1) is 28.6 Å². The molecule has 0 atom stereocenters. The third kappa shape index (κ3) is 4.86. The molecule has 0 aromatic rings. The van der Waals surface area contributed by atoms with Crippen LogP contribution in [0.4, 0.5) is 0 Å². The van der Waals surface area contributed by atoms with Gasteiger partial charge < -0.3 is 0 Å². The fourth-order valence-corrected chi connectivity index (χ4v) is 8.03. The van der Waals surface area contributed by atoms with Gasteiger partial charge in [-0.15, -0.1) is 0 Å². The second-order valence-corrected chi connectivity index (χ2v) is 12.8. The van der Waals surface area contributed by atoms with Gasteiger partial charge in [-0.2, -0.15) is 0 Å². The molecule has 2 fully saturated rings. The van der Waals surface area contributed by atoms with Gasteiger partial charge >= 0.3 is 0 Å². The molecule has 2 aliphatic rings. The van der Waals surface area contributed by atoms with Crippen molar-refractivity contribution in [1.29, 1.82) is 0 Å². The highest BCUT2D eigenvalue weighted by atomic mass is 15.3. The SMILES string of the molecule is CC1CC(C)(C)C(CCCCN2C(C)(C)CC(C)CC2(C)C)C(C)(C)C1. The molecule has 0 N–H and O–H groups in total. The Labute approximate surface area is 165 Å². The lowest BCUT2D eigenvalue weighted by Gasteiger charge is -2.55. The van der Waals surface area contributed by atoms with Gasteiger partial charge in [-0.25, -0.2) is 0 Å². The fourth-order valence-electron chi connectivity index (χ4n) is 8.03. The van der Waals surface area contributed by atoms with Crippen molar-refractivity contribution in [2.24, 2.45) is 28.6 Å². The summed E-state index contributed by atoms with van der Waals surface area (Å²) in [5.74, 6) is 2.60. The number of hydrogen-bond donors (Lipinski definition) is 0. The average Bonchev–Trinajstić information content (AvgIpc) is 2.35. The normalized spacial score (nSPS) is 33.9. The molecule has 1 nitrogen and oxygen atoms in total. The average molecular weight is 364 g/mol. The zero-order valence-corrected chi connectivity index (χ0v) is 19.8. The Hall–Kier alpha value is -0.0400. The lowest BCUT2D eigenvalue weighted by molar-refractivity contribution is -0.0511. The van der Waals surface area contributed by atoms with E-state index in [-0.39, 0.29) is 0 Å². The first-order valence-electron chi connectivity index (χ1n) is 11.5. The van der Waals surface area contributed by atoms with Gasteiger partial charge in [0.2, 0.25) is 0 Å². The molecule has 0 amide bonds. The highest BCUT2D eigenvalue weighted by Crippen LogP contribution is 2.54. The monoisotopic (exact) mass is 363 g/mol. The van der Waals surface area contributed by atoms with E-state index >= 15 is 0 Å². The van der Waals surface area contributed by atoms with E-state index in [2.05, 4.69) is 74.1 Å². The summed E-state index contributed by atoms with van der Waals surface area (Å²) >= 11 is 0. The molecule has 0 spiro atoms. The molecule has 1 heterocycles. The molecule has 0 aromatic carbocycles. The van der Waals surface area contributed by atoms with E-state index in [1.165, 1.54) is 51.5 Å². The molecule has 2 rings (SSSR count). The van der Waals surface area contributed by atoms with Gasteiger partial charge in [0.1, 0.15) is 0 Å². The number of piperidine rings is 1. The minimum Gasteiger partial charge on any atom is -0.293 e. The maximum atomic E-state index is 2.83. The van der Waals surface area contributed by atoms with E-state index < -0.39 is 0 Å². The molecule has 26 heavy (non-hydrogen) atoms. The van der Waals surface area contributed by atoms with Crippen LogP contribution in [0.1, 0.15) is 114 Å². The predicted octanol–water partition coefficient (Wildman–Crippen LogP) is 7.54. The Morgan fingerprint density at radius 2 is 1.08 bits per heavy atom. The van der Waals surface area contributed by atoms with Gasteiger partial charge in [0.15, 0.2) is 0 Å². The number of likely N-dealkylation sites (tertiary alicyclic amines) is 1. The number of hydrogen-bond acceptors (Lipinski definition) is 1. The van der Waals surface area contributed by atoms with Crippen LogP contribution < -0.4 is 0 Å². The van der Waals surface area contributed by atoms with E-state index in [9.17, 15) is 0 Å². The molecule has 0 aromatic heterocycles. The van der Waals surface area contributed by atoms with Gasteiger partial charge in [-0.3, -0.25) is 4.90 Å². The Kier molecular flexibility index (Phi) is 6.35. The number of rotatable bonds is 5. The minimum absolute atomic E-state index is 0.347. The van der Waals surface area contributed by atoms with Crippen LogP contribution in [0.15, 0.2) is 0 Å².